The zero-order valence-electron chi connectivity index (χ0n) is 20.8. The molecular formula is C26H25F2N9O. The molecule has 2 bridgehead atoms. The van der Waals surface area contributed by atoms with Gasteiger partial charge in [-0.3, -0.25) is 10.1 Å². The Balaban J connectivity index is 1.42. The molecule has 2 aliphatic rings. The summed E-state index contributed by atoms with van der Waals surface area (Å²) in [5.74, 6) is 0.835. The molecule has 0 radical (unpaired) electrons. The third-order valence-electron chi connectivity index (χ3n) is 7.41. The van der Waals surface area contributed by atoms with Gasteiger partial charge in [-0.15, -0.1) is 0 Å². The number of alkyl halides is 2. The highest BCUT2D eigenvalue weighted by atomic mass is 19.3. The summed E-state index contributed by atoms with van der Waals surface area (Å²) in [7, 11) is 0. The number of ether oxygens (including phenoxy) is 1. The van der Waals surface area contributed by atoms with Gasteiger partial charge < -0.3 is 9.64 Å². The van der Waals surface area contributed by atoms with Gasteiger partial charge in [0.25, 0.3) is 6.43 Å². The topological polar surface area (TPSA) is 102 Å². The number of halogens is 2. The smallest absolute Gasteiger partial charge is 0.265 e. The lowest BCUT2D eigenvalue weighted by molar-refractivity contribution is 0.0302. The number of aromatic amines is 1. The minimum atomic E-state index is -2.62. The van der Waals surface area contributed by atoms with Crippen molar-refractivity contribution in [2.45, 2.75) is 45.3 Å². The van der Waals surface area contributed by atoms with Crippen LogP contribution in [0.3, 0.4) is 0 Å². The van der Waals surface area contributed by atoms with E-state index in [1.165, 1.54) is 18.5 Å². The molecule has 0 amide bonds. The van der Waals surface area contributed by atoms with Gasteiger partial charge in [0.2, 0.25) is 0 Å². The van der Waals surface area contributed by atoms with Crippen molar-refractivity contribution in [1.82, 2.24) is 39.6 Å². The van der Waals surface area contributed by atoms with Crippen molar-refractivity contribution >= 4 is 11.5 Å². The molecule has 7 heterocycles. The number of anilines is 1. The quantitative estimate of drug-likeness (QED) is 0.371. The predicted octanol–water partition coefficient (Wildman–Crippen LogP) is 4.29. The summed E-state index contributed by atoms with van der Waals surface area (Å²) in [6, 6.07) is 5.34. The van der Waals surface area contributed by atoms with Crippen LogP contribution in [0.25, 0.3) is 33.8 Å². The Labute approximate surface area is 216 Å². The van der Waals surface area contributed by atoms with Crippen molar-refractivity contribution < 1.29 is 13.5 Å². The third kappa shape index (κ3) is 3.66. The summed E-state index contributed by atoms with van der Waals surface area (Å²) < 4.78 is 36.3. The Kier molecular flexibility index (Phi) is 5.25. The van der Waals surface area contributed by atoms with E-state index in [2.05, 4.69) is 20.1 Å². The van der Waals surface area contributed by atoms with E-state index >= 15 is 0 Å². The highest BCUT2D eigenvalue weighted by Crippen LogP contribution is 2.36. The lowest BCUT2D eigenvalue weighted by atomic mass is 10.1. The van der Waals surface area contributed by atoms with E-state index in [1.807, 2.05) is 30.5 Å². The summed E-state index contributed by atoms with van der Waals surface area (Å²) in [5, 5.41) is 16.5. The predicted molar refractivity (Wildman–Crippen MR) is 135 cm³/mol. The molecule has 5 aromatic rings. The summed E-state index contributed by atoms with van der Waals surface area (Å²) in [5.41, 5.74) is 5.86. The lowest BCUT2D eigenvalue weighted by Crippen LogP contribution is -2.43. The van der Waals surface area contributed by atoms with Crippen LogP contribution in [0.4, 0.5) is 14.6 Å². The largest absolute Gasteiger partial charge is 0.371 e. The first kappa shape index (κ1) is 23.0. The minimum absolute atomic E-state index is 0.150. The first-order valence-corrected chi connectivity index (χ1v) is 12.5. The molecule has 7 rings (SSSR count). The minimum Gasteiger partial charge on any atom is -0.371 e. The molecule has 0 aromatic carbocycles. The van der Waals surface area contributed by atoms with Crippen molar-refractivity contribution in [2.75, 3.05) is 18.0 Å². The molecule has 10 nitrogen and oxygen atoms in total. The normalized spacial score (nSPS) is 19.2. The first-order valence-electron chi connectivity index (χ1n) is 12.5. The van der Waals surface area contributed by atoms with Crippen LogP contribution in [-0.2, 0) is 4.74 Å². The van der Waals surface area contributed by atoms with E-state index in [9.17, 15) is 8.78 Å². The molecule has 2 fully saturated rings. The van der Waals surface area contributed by atoms with Crippen molar-refractivity contribution in [1.29, 1.82) is 0 Å². The molecule has 0 spiro atoms. The van der Waals surface area contributed by atoms with Crippen LogP contribution < -0.4 is 4.90 Å². The van der Waals surface area contributed by atoms with Gasteiger partial charge in [0.1, 0.15) is 5.82 Å². The fraction of sp³-hybridized carbons (Fsp3) is 0.346. The van der Waals surface area contributed by atoms with E-state index in [0.29, 0.717) is 11.3 Å². The average Bonchev–Trinajstić information content (AvgIpc) is 3.71. The van der Waals surface area contributed by atoms with Crippen LogP contribution >= 0.6 is 0 Å². The Bertz CT molecular complexity index is 1630. The SMILES string of the molecule is Cc1nn(-c2cncc(C(F)F)c2)c(C)c1-c1cc(N2CC3CCC(C2)O3)nc2c(-c3ccn[nH]3)cnn12. The monoisotopic (exact) mass is 517 g/mol. The Hall–Kier alpha value is -4.19. The molecular weight excluding hydrogens is 492 g/mol. The van der Waals surface area contributed by atoms with Crippen LogP contribution in [0, 0.1) is 13.8 Å². The molecule has 2 unspecified atom stereocenters. The van der Waals surface area contributed by atoms with Gasteiger partial charge in [0.15, 0.2) is 5.65 Å². The number of pyridine rings is 1. The average molecular weight is 518 g/mol. The summed E-state index contributed by atoms with van der Waals surface area (Å²) >= 11 is 0. The fourth-order valence-corrected chi connectivity index (χ4v) is 5.63. The zero-order valence-corrected chi connectivity index (χ0v) is 20.8. The van der Waals surface area contributed by atoms with Gasteiger partial charge in [0.05, 0.1) is 58.6 Å². The number of aromatic nitrogens is 8. The van der Waals surface area contributed by atoms with Gasteiger partial charge in [0, 0.05) is 42.7 Å². The third-order valence-corrected chi connectivity index (χ3v) is 7.41. The van der Waals surface area contributed by atoms with E-state index in [1.54, 1.807) is 17.1 Å². The fourth-order valence-electron chi connectivity index (χ4n) is 5.63. The molecule has 2 atom stereocenters. The maximum absolute atomic E-state index is 13.4. The van der Waals surface area contributed by atoms with Crippen molar-refractivity contribution in [3.63, 3.8) is 0 Å². The summed E-state index contributed by atoms with van der Waals surface area (Å²) in [4.78, 5) is 11.4. The second-order valence-electron chi connectivity index (χ2n) is 9.86. The maximum atomic E-state index is 13.4. The van der Waals surface area contributed by atoms with Crippen molar-refractivity contribution in [3.8, 4) is 28.2 Å². The van der Waals surface area contributed by atoms with Crippen LogP contribution in [0.5, 0.6) is 0 Å². The maximum Gasteiger partial charge on any atom is 0.265 e. The molecule has 5 aromatic heterocycles. The highest BCUT2D eigenvalue weighted by Gasteiger charge is 2.35. The first-order chi connectivity index (χ1) is 18.5. The molecule has 0 saturated carbocycles. The Morgan fingerprint density at radius 1 is 1.08 bits per heavy atom. The van der Waals surface area contributed by atoms with E-state index in [4.69, 9.17) is 19.9 Å². The number of hydrogen-bond acceptors (Lipinski definition) is 7. The second-order valence-corrected chi connectivity index (χ2v) is 9.86. The zero-order chi connectivity index (χ0) is 26.0. The molecule has 38 heavy (non-hydrogen) atoms. The van der Waals surface area contributed by atoms with Gasteiger partial charge in [-0.25, -0.2) is 23.0 Å². The van der Waals surface area contributed by atoms with Crippen molar-refractivity contribution in [3.05, 3.63) is 59.9 Å². The van der Waals surface area contributed by atoms with E-state index in [0.717, 1.165) is 65.7 Å². The van der Waals surface area contributed by atoms with E-state index < -0.39 is 6.43 Å². The number of H-pyrrole nitrogens is 1. The Morgan fingerprint density at radius 3 is 2.63 bits per heavy atom. The van der Waals surface area contributed by atoms with Crippen LogP contribution in [0.1, 0.15) is 36.2 Å². The van der Waals surface area contributed by atoms with Crippen LogP contribution in [0.2, 0.25) is 0 Å². The van der Waals surface area contributed by atoms with Gasteiger partial charge >= 0.3 is 0 Å². The highest BCUT2D eigenvalue weighted by molar-refractivity contribution is 5.80. The number of aryl methyl sites for hydroxylation is 1. The summed E-state index contributed by atoms with van der Waals surface area (Å²) in [6.45, 7) is 5.37. The molecule has 0 aliphatic carbocycles. The van der Waals surface area contributed by atoms with E-state index in [-0.39, 0.29) is 17.8 Å². The molecule has 194 valence electrons. The van der Waals surface area contributed by atoms with Gasteiger partial charge in [-0.1, -0.05) is 0 Å². The van der Waals surface area contributed by atoms with Gasteiger partial charge in [-0.05, 0) is 38.8 Å². The Morgan fingerprint density at radius 2 is 1.89 bits per heavy atom. The second kappa shape index (κ2) is 8.69. The number of rotatable bonds is 5. The lowest BCUT2D eigenvalue weighted by Gasteiger charge is -2.33. The standard InChI is InChI=1S/C26H25F2N9O/c1-14-24(15(2)36(34-14)17-7-16(25(27)28)9-29-10-17)22-8-23(35-12-18-3-4-19(13-35)38-18)32-26-20(11-31-37(22)26)21-5-6-30-33-21/h5-11,18-19,25H,3-4,12-13H2,1-2H3,(H,30,33). The molecule has 2 saturated heterocycles. The summed E-state index contributed by atoms with van der Waals surface area (Å²) in [6.07, 6.45) is 6.08. The van der Waals surface area contributed by atoms with Crippen molar-refractivity contribution in [2.24, 2.45) is 0 Å². The number of morpholine rings is 1. The van der Waals surface area contributed by atoms with Gasteiger partial charge in [-0.2, -0.15) is 15.3 Å². The molecule has 2 aliphatic heterocycles. The van der Waals surface area contributed by atoms with Crippen LogP contribution in [-0.4, -0.2) is 64.9 Å². The number of nitrogens with one attached hydrogen (secondary N) is 1. The number of fused-ring (bicyclic) bond motifs is 3. The number of nitrogens with zero attached hydrogens (tertiary/aromatic N) is 8. The number of hydrogen-bond donors (Lipinski definition) is 1. The molecule has 1 N–H and O–H groups in total. The van der Waals surface area contributed by atoms with Crippen LogP contribution in [0.15, 0.2) is 43.0 Å². The molecule has 12 heteroatoms.